The van der Waals surface area contributed by atoms with Crippen LogP contribution in [0.3, 0.4) is 0 Å². The van der Waals surface area contributed by atoms with Crippen molar-refractivity contribution in [1.82, 2.24) is 25.4 Å². The molecule has 2 aromatic rings. The van der Waals surface area contributed by atoms with Crippen molar-refractivity contribution in [2.75, 3.05) is 26.9 Å². The fourth-order valence-corrected chi connectivity index (χ4v) is 7.19. The Kier molecular flexibility index (Phi) is 17.2. The molecular weight excluding hydrogens is 683 g/mol. The highest BCUT2D eigenvalue weighted by Crippen LogP contribution is 2.32. The normalized spacial score (nSPS) is 17.2. The fraction of sp³-hybridized carbons (Fsp3) is 0.641. The average Bonchev–Trinajstić information content (AvgIpc) is 3.60. The van der Waals surface area contributed by atoms with Gasteiger partial charge in [-0.25, -0.2) is 4.98 Å². The molecule has 288 valence electrons. The van der Waals surface area contributed by atoms with Gasteiger partial charge in [-0.3, -0.25) is 28.9 Å². The number of piperidine rings is 1. The van der Waals surface area contributed by atoms with Gasteiger partial charge in [-0.1, -0.05) is 84.7 Å². The summed E-state index contributed by atoms with van der Waals surface area (Å²) in [6, 6.07) is 8.01. The molecule has 2 heterocycles. The summed E-state index contributed by atoms with van der Waals surface area (Å²) in [5.74, 6) is -2.26. The van der Waals surface area contributed by atoms with Gasteiger partial charge in [-0.05, 0) is 56.2 Å². The van der Waals surface area contributed by atoms with Crippen molar-refractivity contribution in [2.45, 2.75) is 118 Å². The molecule has 5 atom stereocenters. The summed E-state index contributed by atoms with van der Waals surface area (Å²) >= 11 is 1.20. The second-order valence-electron chi connectivity index (χ2n) is 14.6. The van der Waals surface area contributed by atoms with Crippen LogP contribution in [0.15, 0.2) is 35.7 Å². The second-order valence-corrected chi connectivity index (χ2v) is 15.5. The predicted octanol–water partition coefficient (Wildman–Crippen LogP) is 5.53. The molecule has 0 spiro atoms. The molecule has 1 fully saturated rings. The number of likely N-dealkylation sites (tertiary alicyclic amines) is 1. The zero-order valence-corrected chi connectivity index (χ0v) is 33.0. The van der Waals surface area contributed by atoms with E-state index in [0.717, 1.165) is 24.9 Å². The molecule has 3 rings (SSSR count). The molecule has 1 saturated heterocycles. The number of ether oxygens (including phenoxy) is 2. The average molecular weight is 742 g/mol. The van der Waals surface area contributed by atoms with Crippen molar-refractivity contribution < 1.29 is 33.4 Å². The molecule has 3 amide bonds. The van der Waals surface area contributed by atoms with E-state index in [0.29, 0.717) is 30.8 Å². The van der Waals surface area contributed by atoms with E-state index in [1.54, 1.807) is 5.38 Å². The Balaban J connectivity index is 1.90. The minimum absolute atomic E-state index is 0.0557. The number of thiazole rings is 1. The van der Waals surface area contributed by atoms with E-state index in [2.05, 4.69) is 15.6 Å². The van der Waals surface area contributed by atoms with E-state index < -0.39 is 30.1 Å². The highest BCUT2D eigenvalue weighted by molar-refractivity contribution is 7.09. The summed E-state index contributed by atoms with van der Waals surface area (Å²) in [7, 11) is 1.92. The minimum Gasteiger partial charge on any atom is -0.455 e. The highest BCUT2D eigenvalue weighted by atomic mass is 32.1. The topological polar surface area (TPSA) is 147 Å². The molecule has 1 aliphatic heterocycles. The van der Waals surface area contributed by atoms with Crippen molar-refractivity contribution in [3.63, 3.8) is 0 Å². The Hall–Kier alpha value is -3.84. The second kappa shape index (κ2) is 21.0. The maximum absolute atomic E-state index is 14.7. The smallest absolute Gasteiger partial charge is 0.307 e. The van der Waals surface area contributed by atoms with E-state index >= 15 is 0 Å². The van der Waals surface area contributed by atoms with Crippen LogP contribution in [-0.2, 0) is 35.1 Å². The zero-order valence-electron chi connectivity index (χ0n) is 32.2. The zero-order chi connectivity index (χ0) is 38.4. The number of rotatable bonds is 19. The first-order valence-corrected chi connectivity index (χ1v) is 19.5. The number of carbonyl (C=O) groups excluding carboxylic acids is 5. The first-order valence-electron chi connectivity index (χ1n) is 18.6. The number of likely N-dealkylation sites (N-methyl/N-ethyl adjacent to an activating group) is 1. The van der Waals surface area contributed by atoms with Crippen LogP contribution in [0.4, 0.5) is 0 Å². The van der Waals surface area contributed by atoms with E-state index in [1.165, 1.54) is 23.2 Å². The van der Waals surface area contributed by atoms with Crippen LogP contribution in [0, 0.1) is 17.8 Å². The van der Waals surface area contributed by atoms with Crippen molar-refractivity contribution in [2.24, 2.45) is 17.8 Å². The van der Waals surface area contributed by atoms with E-state index in [1.807, 2.05) is 83.8 Å². The van der Waals surface area contributed by atoms with Gasteiger partial charge in [-0.15, -0.1) is 11.3 Å². The van der Waals surface area contributed by atoms with Gasteiger partial charge in [0, 0.05) is 37.7 Å². The van der Waals surface area contributed by atoms with E-state index in [4.69, 9.17) is 9.47 Å². The molecule has 52 heavy (non-hydrogen) atoms. The lowest BCUT2D eigenvalue weighted by Gasteiger charge is -2.39. The summed E-state index contributed by atoms with van der Waals surface area (Å²) in [5.41, 5.74) is 1.30. The number of esters is 2. The molecule has 2 N–H and O–H groups in total. The van der Waals surface area contributed by atoms with Gasteiger partial charge in [-0.2, -0.15) is 0 Å². The number of aromatic nitrogens is 1. The Labute approximate surface area is 313 Å². The quantitative estimate of drug-likeness (QED) is 0.140. The van der Waals surface area contributed by atoms with Crippen molar-refractivity contribution in [3.05, 3.63) is 52.0 Å². The van der Waals surface area contributed by atoms with Gasteiger partial charge in [0.25, 0.3) is 5.91 Å². The number of amides is 3. The van der Waals surface area contributed by atoms with Gasteiger partial charge in [0.1, 0.15) is 16.7 Å². The van der Waals surface area contributed by atoms with Crippen LogP contribution in [0.2, 0.25) is 0 Å². The third-order valence-corrected chi connectivity index (χ3v) is 10.5. The maximum Gasteiger partial charge on any atom is 0.307 e. The fourth-order valence-electron chi connectivity index (χ4n) is 6.35. The summed E-state index contributed by atoms with van der Waals surface area (Å²) in [4.78, 5) is 74.7. The third kappa shape index (κ3) is 13.0. The molecule has 1 aromatic carbocycles. The van der Waals surface area contributed by atoms with E-state index in [-0.39, 0.29) is 66.8 Å². The summed E-state index contributed by atoms with van der Waals surface area (Å²) < 4.78 is 11.5. The lowest BCUT2D eigenvalue weighted by Crippen LogP contribution is -2.59. The molecule has 0 bridgehead atoms. The molecule has 1 aromatic heterocycles. The summed E-state index contributed by atoms with van der Waals surface area (Å²) in [5, 5.41) is 8.01. The summed E-state index contributed by atoms with van der Waals surface area (Å²) in [6.07, 6.45) is 3.35. The van der Waals surface area contributed by atoms with E-state index in [9.17, 15) is 24.0 Å². The number of hydrogen-bond acceptors (Lipinski definition) is 10. The van der Waals surface area contributed by atoms with Crippen molar-refractivity contribution >= 4 is 41.0 Å². The Morgan fingerprint density at radius 3 is 2.38 bits per heavy atom. The van der Waals surface area contributed by atoms with Gasteiger partial charge in [0.15, 0.2) is 12.8 Å². The number of hydrogen-bond donors (Lipinski definition) is 2. The largest absolute Gasteiger partial charge is 0.455 e. The van der Waals surface area contributed by atoms with Crippen LogP contribution >= 0.6 is 11.3 Å². The standard InChI is InChI=1S/C39H59N5O7S/c1-9-27(6)35(42-37(48)31-17-13-14-20-43(31)8)39(49)44(24-50-34(46)21-25(2)3)32(26(4)5)22-33(51-28(7)45)38-41-30(23-52-38)36(47)40-19-18-29-15-11-10-12-16-29/h10-12,15-16,23,25-27,31-33,35H,9,13-14,17-22,24H2,1-8H3,(H,40,47)(H,42,48). The number of nitrogens with one attached hydrogen (secondary N) is 2. The lowest BCUT2D eigenvalue weighted by atomic mass is 9.92. The van der Waals surface area contributed by atoms with Gasteiger partial charge >= 0.3 is 11.9 Å². The minimum atomic E-state index is -0.894. The van der Waals surface area contributed by atoms with Crippen molar-refractivity contribution in [3.8, 4) is 0 Å². The van der Waals surface area contributed by atoms with Crippen molar-refractivity contribution in [1.29, 1.82) is 0 Å². The first kappa shape index (κ1) is 42.6. The molecule has 1 aliphatic rings. The Bertz CT molecular complexity index is 1470. The van der Waals surface area contributed by atoms with Crippen LogP contribution in [0.25, 0.3) is 0 Å². The number of benzene rings is 1. The SMILES string of the molecule is CCC(C)C(NC(=O)C1CCCCN1C)C(=O)N(COC(=O)CC(C)C)C(CC(OC(C)=O)c1nc(C(=O)NCCc2ccccc2)cs1)C(C)C. The lowest BCUT2D eigenvalue weighted by molar-refractivity contribution is -0.160. The Morgan fingerprint density at radius 2 is 1.77 bits per heavy atom. The highest BCUT2D eigenvalue weighted by Gasteiger charge is 2.39. The molecule has 13 heteroatoms. The molecule has 5 unspecified atom stereocenters. The third-order valence-electron chi connectivity index (χ3n) is 9.58. The number of carbonyl (C=O) groups is 5. The number of nitrogens with zero attached hydrogens (tertiary/aromatic N) is 3. The van der Waals surface area contributed by atoms with Crippen LogP contribution in [-0.4, -0.2) is 89.4 Å². The van der Waals surface area contributed by atoms with Crippen LogP contribution in [0.1, 0.15) is 114 Å². The molecule has 0 saturated carbocycles. The van der Waals surface area contributed by atoms with Crippen LogP contribution < -0.4 is 10.6 Å². The first-order chi connectivity index (χ1) is 24.7. The Morgan fingerprint density at radius 1 is 1.06 bits per heavy atom. The molecule has 0 aliphatic carbocycles. The van der Waals surface area contributed by atoms with Gasteiger partial charge in [0.2, 0.25) is 11.8 Å². The monoisotopic (exact) mass is 741 g/mol. The van der Waals surface area contributed by atoms with Gasteiger partial charge < -0.3 is 25.0 Å². The van der Waals surface area contributed by atoms with Crippen LogP contribution in [0.5, 0.6) is 0 Å². The maximum atomic E-state index is 14.7. The van der Waals surface area contributed by atoms with Gasteiger partial charge in [0.05, 0.1) is 6.04 Å². The molecule has 12 nitrogen and oxygen atoms in total. The summed E-state index contributed by atoms with van der Waals surface area (Å²) in [6.45, 7) is 13.8. The molecular formula is C39H59N5O7S. The molecule has 0 radical (unpaired) electrons. The predicted molar refractivity (Wildman–Crippen MR) is 201 cm³/mol.